The predicted molar refractivity (Wildman–Crippen MR) is 89.4 cm³/mol. The predicted octanol–water partition coefficient (Wildman–Crippen LogP) is 2.80. The average molecular weight is 316 g/mol. The summed E-state index contributed by atoms with van der Waals surface area (Å²) in [5, 5.41) is 10.1. The van der Waals surface area contributed by atoms with Gasteiger partial charge in [0, 0.05) is 18.0 Å². The quantitative estimate of drug-likeness (QED) is 0.919. The van der Waals surface area contributed by atoms with Gasteiger partial charge in [0.05, 0.1) is 12.8 Å². The van der Waals surface area contributed by atoms with E-state index >= 15 is 0 Å². The zero-order chi connectivity index (χ0) is 16.2. The summed E-state index contributed by atoms with van der Waals surface area (Å²) in [6, 6.07) is 8.72. The van der Waals surface area contributed by atoms with E-state index in [1.54, 1.807) is 6.26 Å². The minimum absolute atomic E-state index is 0.127. The minimum Gasteiger partial charge on any atom is -0.480 e. The van der Waals surface area contributed by atoms with Crippen LogP contribution in [0.1, 0.15) is 24.8 Å². The van der Waals surface area contributed by atoms with Gasteiger partial charge in [0.2, 0.25) is 0 Å². The van der Waals surface area contributed by atoms with Crippen LogP contribution in [-0.2, 0) is 11.3 Å². The molecule has 2 heterocycles. The molecule has 124 valence electrons. The summed E-state index contributed by atoms with van der Waals surface area (Å²) in [5.41, 5.74) is 2.23. The molecular formula is C18H24N2O3. The lowest BCUT2D eigenvalue weighted by Gasteiger charge is -2.25. The van der Waals surface area contributed by atoms with E-state index in [0.717, 1.165) is 49.9 Å². The van der Waals surface area contributed by atoms with Crippen molar-refractivity contribution in [3.63, 3.8) is 0 Å². The number of fused-ring (bicyclic) bond motifs is 1. The van der Waals surface area contributed by atoms with Crippen LogP contribution in [0.2, 0.25) is 0 Å². The molecule has 2 aromatic rings. The zero-order valence-corrected chi connectivity index (χ0v) is 13.6. The van der Waals surface area contributed by atoms with Crippen molar-refractivity contribution in [3.8, 4) is 0 Å². The van der Waals surface area contributed by atoms with E-state index in [4.69, 9.17) is 9.52 Å². The number of nitrogens with zero attached hydrogens (tertiary/aromatic N) is 2. The largest absolute Gasteiger partial charge is 0.480 e. The molecule has 1 aromatic heterocycles. The van der Waals surface area contributed by atoms with E-state index < -0.39 is 5.97 Å². The van der Waals surface area contributed by atoms with Crippen molar-refractivity contribution in [2.45, 2.75) is 31.8 Å². The highest BCUT2D eigenvalue weighted by Crippen LogP contribution is 2.20. The van der Waals surface area contributed by atoms with Gasteiger partial charge in [-0.15, -0.1) is 0 Å². The van der Waals surface area contributed by atoms with Gasteiger partial charge in [0.1, 0.15) is 5.58 Å². The number of aliphatic carboxylic acids is 1. The van der Waals surface area contributed by atoms with E-state index in [1.165, 1.54) is 5.56 Å². The number of likely N-dealkylation sites (N-methyl/N-ethyl adjacent to an activating group) is 1. The Kier molecular flexibility index (Phi) is 4.98. The van der Waals surface area contributed by atoms with Crippen molar-refractivity contribution in [1.29, 1.82) is 0 Å². The number of benzene rings is 1. The molecule has 0 radical (unpaired) electrons. The van der Waals surface area contributed by atoms with Crippen LogP contribution in [0.4, 0.5) is 0 Å². The molecule has 0 aliphatic carbocycles. The van der Waals surface area contributed by atoms with Gasteiger partial charge in [0.15, 0.2) is 0 Å². The number of carbonyl (C=O) groups is 1. The van der Waals surface area contributed by atoms with Gasteiger partial charge < -0.3 is 9.52 Å². The first-order valence-corrected chi connectivity index (χ1v) is 8.22. The normalized spacial score (nSPS) is 20.0. The number of carboxylic acids is 1. The maximum absolute atomic E-state index is 10.9. The Bertz CT molecular complexity index is 667. The highest BCUT2D eigenvalue weighted by Gasteiger charge is 2.21. The molecule has 1 atom stereocenters. The zero-order valence-electron chi connectivity index (χ0n) is 13.6. The topological polar surface area (TPSA) is 56.9 Å². The van der Waals surface area contributed by atoms with Gasteiger partial charge in [0.25, 0.3) is 0 Å². The number of hydrogen-bond acceptors (Lipinski definition) is 4. The molecule has 0 spiro atoms. The lowest BCUT2D eigenvalue weighted by Crippen LogP contribution is -2.36. The summed E-state index contributed by atoms with van der Waals surface area (Å²) in [7, 11) is 1.92. The Labute approximate surface area is 136 Å². The fourth-order valence-corrected chi connectivity index (χ4v) is 3.45. The maximum atomic E-state index is 10.9. The lowest BCUT2D eigenvalue weighted by atomic mass is 10.1. The highest BCUT2D eigenvalue weighted by molar-refractivity contribution is 5.77. The SMILES string of the molecule is CN(CC(=O)O)C1CCCN(Cc2ccc3occc3c2)CC1. The third kappa shape index (κ3) is 4.12. The third-order valence-electron chi connectivity index (χ3n) is 4.72. The summed E-state index contributed by atoms with van der Waals surface area (Å²) in [5.74, 6) is -0.748. The van der Waals surface area contributed by atoms with Gasteiger partial charge in [-0.05, 0) is 63.2 Å². The first-order chi connectivity index (χ1) is 11.1. The minimum atomic E-state index is -0.748. The molecular weight excluding hydrogens is 292 g/mol. The Balaban J connectivity index is 1.58. The summed E-state index contributed by atoms with van der Waals surface area (Å²) >= 11 is 0. The Morgan fingerprint density at radius 2 is 2.22 bits per heavy atom. The average Bonchev–Trinajstić information content (AvgIpc) is 2.84. The van der Waals surface area contributed by atoms with Crippen LogP contribution in [0.5, 0.6) is 0 Å². The van der Waals surface area contributed by atoms with Crippen molar-refractivity contribution < 1.29 is 14.3 Å². The van der Waals surface area contributed by atoms with E-state index in [2.05, 4.69) is 17.0 Å². The molecule has 3 rings (SSSR count). The van der Waals surface area contributed by atoms with Gasteiger partial charge in [-0.1, -0.05) is 6.07 Å². The smallest absolute Gasteiger partial charge is 0.317 e. The molecule has 1 aliphatic heterocycles. The van der Waals surface area contributed by atoms with Crippen molar-refractivity contribution >= 4 is 16.9 Å². The molecule has 1 N–H and O–H groups in total. The number of furan rings is 1. The molecule has 0 bridgehead atoms. The molecule has 0 saturated carbocycles. The first kappa shape index (κ1) is 16.0. The van der Waals surface area contributed by atoms with E-state index in [-0.39, 0.29) is 6.54 Å². The van der Waals surface area contributed by atoms with Crippen molar-refractivity contribution in [2.75, 3.05) is 26.7 Å². The van der Waals surface area contributed by atoms with Crippen LogP contribution in [0.25, 0.3) is 11.0 Å². The van der Waals surface area contributed by atoms with Crippen LogP contribution >= 0.6 is 0 Å². The molecule has 5 nitrogen and oxygen atoms in total. The monoisotopic (exact) mass is 316 g/mol. The molecule has 1 fully saturated rings. The molecule has 1 saturated heterocycles. The van der Waals surface area contributed by atoms with Gasteiger partial charge in [-0.25, -0.2) is 0 Å². The summed E-state index contributed by atoms with van der Waals surface area (Å²) in [6.45, 7) is 3.15. The molecule has 1 aliphatic rings. The van der Waals surface area contributed by atoms with Gasteiger partial charge in [-0.3, -0.25) is 14.6 Å². The number of likely N-dealkylation sites (tertiary alicyclic amines) is 1. The maximum Gasteiger partial charge on any atom is 0.317 e. The molecule has 1 unspecified atom stereocenters. The number of carboxylic acid groups (broad SMARTS) is 1. The van der Waals surface area contributed by atoms with Gasteiger partial charge >= 0.3 is 5.97 Å². The van der Waals surface area contributed by atoms with Crippen LogP contribution in [-0.4, -0.2) is 53.6 Å². The van der Waals surface area contributed by atoms with E-state index in [0.29, 0.717) is 6.04 Å². The summed E-state index contributed by atoms with van der Waals surface area (Å²) < 4.78 is 5.39. The second kappa shape index (κ2) is 7.15. The number of rotatable bonds is 5. The summed E-state index contributed by atoms with van der Waals surface area (Å²) in [4.78, 5) is 15.3. The van der Waals surface area contributed by atoms with Crippen LogP contribution < -0.4 is 0 Å². The first-order valence-electron chi connectivity index (χ1n) is 8.22. The fraction of sp³-hybridized carbons (Fsp3) is 0.500. The van der Waals surface area contributed by atoms with Crippen LogP contribution in [0.15, 0.2) is 34.9 Å². The van der Waals surface area contributed by atoms with E-state index in [1.807, 2.05) is 24.1 Å². The Morgan fingerprint density at radius 1 is 1.35 bits per heavy atom. The molecule has 1 aromatic carbocycles. The summed E-state index contributed by atoms with van der Waals surface area (Å²) in [6.07, 6.45) is 4.94. The van der Waals surface area contributed by atoms with Crippen molar-refractivity contribution in [2.24, 2.45) is 0 Å². The van der Waals surface area contributed by atoms with Crippen LogP contribution in [0, 0.1) is 0 Å². The number of hydrogen-bond donors (Lipinski definition) is 1. The second-order valence-corrected chi connectivity index (χ2v) is 6.46. The Hall–Kier alpha value is -1.85. The molecule has 23 heavy (non-hydrogen) atoms. The second-order valence-electron chi connectivity index (χ2n) is 6.46. The Morgan fingerprint density at radius 3 is 3.04 bits per heavy atom. The lowest BCUT2D eigenvalue weighted by molar-refractivity contribution is -0.138. The standard InChI is InChI=1S/C18H24N2O3/c1-19(13-18(21)22)16-3-2-8-20(9-6-16)12-14-4-5-17-15(11-14)7-10-23-17/h4-5,7,10-11,16H,2-3,6,8-9,12-13H2,1H3,(H,21,22). The van der Waals surface area contributed by atoms with Crippen molar-refractivity contribution in [1.82, 2.24) is 9.80 Å². The van der Waals surface area contributed by atoms with Crippen molar-refractivity contribution in [3.05, 3.63) is 36.1 Å². The van der Waals surface area contributed by atoms with Crippen LogP contribution in [0.3, 0.4) is 0 Å². The fourth-order valence-electron chi connectivity index (χ4n) is 3.45. The third-order valence-corrected chi connectivity index (χ3v) is 4.72. The molecule has 5 heteroatoms. The van der Waals surface area contributed by atoms with Gasteiger partial charge in [-0.2, -0.15) is 0 Å². The van der Waals surface area contributed by atoms with E-state index in [9.17, 15) is 4.79 Å². The highest BCUT2D eigenvalue weighted by atomic mass is 16.4. The molecule has 0 amide bonds.